The summed E-state index contributed by atoms with van der Waals surface area (Å²) in [6.45, 7) is 2.24. The fourth-order valence-corrected chi connectivity index (χ4v) is 4.83. The van der Waals surface area contributed by atoms with E-state index in [0.717, 1.165) is 6.42 Å². The number of halogens is 1. The number of thiophene rings is 1. The molecular weight excluding hydrogens is 330 g/mol. The van der Waals surface area contributed by atoms with E-state index in [1.165, 1.54) is 46.3 Å². The quantitative estimate of drug-likeness (QED) is 0.718. The Morgan fingerprint density at radius 3 is 3.05 bits per heavy atom. The summed E-state index contributed by atoms with van der Waals surface area (Å²) in [5.41, 5.74) is 4.25. The summed E-state index contributed by atoms with van der Waals surface area (Å²) in [7, 11) is 0. The molecule has 20 heavy (non-hydrogen) atoms. The number of nitrogens with one attached hydrogen (secondary N) is 1. The van der Waals surface area contributed by atoms with E-state index in [2.05, 4.69) is 58.5 Å². The molecule has 0 spiro atoms. The Kier molecular flexibility index (Phi) is 4.47. The molecule has 1 N–H and O–H groups in total. The highest BCUT2D eigenvalue weighted by molar-refractivity contribution is 9.11. The average molecular weight is 350 g/mol. The molecule has 1 aliphatic carbocycles. The number of hydrogen-bond donors (Lipinski definition) is 1. The van der Waals surface area contributed by atoms with Crippen molar-refractivity contribution in [1.29, 1.82) is 0 Å². The molecule has 0 radical (unpaired) electrons. The first kappa shape index (κ1) is 14.2. The first-order valence-corrected chi connectivity index (χ1v) is 9.01. The Labute approximate surface area is 133 Å². The van der Waals surface area contributed by atoms with Crippen molar-refractivity contribution in [2.24, 2.45) is 0 Å². The standard InChI is InChI=1S/C17H20BrNS/c1-2-6-12-7-3-4-8-14(12)19-15-9-5-10-16-13(15)11-17(18)20-16/h3-4,7-8,11,15,19H,2,5-6,9-10H2,1H3. The van der Waals surface area contributed by atoms with E-state index in [-0.39, 0.29) is 0 Å². The van der Waals surface area contributed by atoms with Crippen molar-refractivity contribution >= 4 is 33.0 Å². The van der Waals surface area contributed by atoms with Crippen molar-refractivity contribution in [1.82, 2.24) is 0 Å². The van der Waals surface area contributed by atoms with Gasteiger partial charge >= 0.3 is 0 Å². The van der Waals surface area contributed by atoms with Crippen molar-refractivity contribution in [2.45, 2.75) is 45.1 Å². The number of hydrogen-bond acceptors (Lipinski definition) is 2. The molecular formula is C17H20BrNS. The lowest BCUT2D eigenvalue weighted by molar-refractivity contribution is 0.608. The molecule has 0 fully saturated rings. The Bertz CT molecular complexity index is 590. The number of anilines is 1. The van der Waals surface area contributed by atoms with Crippen LogP contribution in [0, 0.1) is 0 Å². The van der Waals surface area contributed by atoms with E-state index < -0.39 is 0 Å². The summed E-state index contributed by atoms with van der Waals surface area (Å²) in [6.07, 6.45) is 6.10. The number of para-hydroxylation sites is 1. The van der Waals surface area contributed by atoms with Gasteiger partial charge in [-0.2, -0.15) is 0 Å². The van der Waals surface area contributed by atoms with Crippen LogP contribution in [0.1, 0.15) is 48.2 Å². The largest absolute Gasteiger partial charge is 0.378 e. The molecule has 0 saturated heterocycles. The third kappa shape index (κ3) is 2.94. The van der Waals surface area contributed by atoms with Gasteiger partial charge in [-0.05, 0) is 64.9 Å². The van der Waals surface area contributed by atoms with Crippen LogP contribution in [0.25, 0.3) is 0 Å². The van der Waals surface area contributed by atoms with Gasteiger partial charge in [-0.15, -0.1) is 11.3 Å². The second kappa shape index (κ2) is 6.31. The van der Waals surface area contributed by atoms with Crippen LogP contribution in [0.4, 0.5) is 5.69 Å². The van der Waals surface area contributed by atoms with E-state index in [1.807, 2.05) is 11.3 Å². The summed E-state index contributed by atoms with van der Waals surface area (Å²) in [6, 6.07) is 11.5. The number of fused-ring (bicyclic) bond motifs is 1. The van der Waals surface area contributed by atoms with E-state index >= 15 is 0 Å². The van der Waals surface area contributed by atoms with Crippen molar-refractivity contribution in [3.8, 4) is 0 Å². The smallest absolute Gasteiger partial charge is 0.0705 e. The first-order chi connectivity index (χ1) is 9.78. The zero-order valence-corrected chi connectivity index (χ0v) is 14.2. The predicted octanol–water partition coefficient (Wildman–Crippen LogP) is 5.95. The maximum Gasteiger partial charge on any atom is 0.0705 e. The van der Waals surface area contributed by atoms with Crippen molar-refractivity contribution in [3.05, 3.63) is 50.1 Å². The molecule has 106 valence electrons. The van der Waals surface area contributed by atoms with Gasteiger partial charge in [0.1, 0.15) is 0 Å². The lowest BCUT2D eigenvalue weighted by atomic mass is 9.93. The van der Waals surface area contributed by atoms with Gasteiger partial charge < -0.3 is 5.32 Å². The van der Waals surface area contributed by atoms with E-state index in [1.54, 1.807) is 4.88 Å². The molecule has 0 amide bonds. The third-order valence-corrected chi connectivity index (χ3v) is 5.66. The molecule has 1 aliphatic rings. The monoisotopic (exact) mass is 349 g/mol. The van der Waals surface area contributed by atoms with Crippen LogP contribution in [0.15, 0.2) is 34.1 Å². The predicted molar refractivity (Wildman–Crippen MR) is 91.8 cm³/mol. The summed E-state index contributed by atoms with van der Waals surface area (Å²) >= 11 is 5.53. The van der Waals surface area contributed by atoms with E-state index in [4.69, 9.17) is 0 Å². The molecule has 1 nitrogen and oxygen atoms in total. The minimum Gasteiger partial charge on any atom is -0.378 e. The first-order valence-electron chi connectivity index (χ1n) is 7.40. The summed E-state index contributed by atoms with van der Waals surface area (Å²) < 4.78 is 1.26. The molecule has 3 rings (SSSR count). The van der Waals surface area contributed by atoms with Crippen LogP contribution in [0.2, 0.25) is 0 Å². The Hall–Kier alpha value is -0.800. The maximum atomic E-state index is 3.79. The zero-order chi connectivity index (χ0) is 13.9. The Morgan fingerprint density at radius 1 is 1.35 bits per heavy atom. The summed E-state index contributed by atoms with van der Waals surface area (Å²) in [5.74, 6) is 0. The molecule has 1 aromatic carbocycles. The van der Waals surface area contributed by atoms with Crippen molar-refractivity contribution in [2.75, 3.05) is 5.32 Å². The number of aryl methyl sites for hydroxylation is 2. The fraction of sp³-hybridized carbons (Fsp3) is 0.412. The van der Waals surface area contributed by atoms with Crippen LogP contribution in [0.3, 0.4) is 0 Å². The molecule has 0 aliphatic heterocycles. The molecule has 1 heterocycles. The Balaban J connectivity index is 1.85. The molecule has 0 bridgehead atoms. The van der Waals surface area contributed by atoms with Gasteiger partial charge in [0.15, 0.2) is 0 Å². The SMILES string of the molecule is CCCc1ccccc1NC1CCCc2sc(Br)cc21. The van der Waals surface area contributed by atoms with Gasteiger partial charge in [0.2, 0.25) is 0 Å². The van der Waals surface area contributed by atoms with Gasteiger partial charge in [0, 0.05) is 10.6 Å². The zero-order valence-electron chi connectivity index (χ0n) is 11.8. The second-order valence-corrected chi connectivity index (χ2v) is 7.94. The lowest BCUT2D eigenvalue weighted by Crippen LogP contribution is -2.16. The van der Waals surface area contributed by atoms with Crippen LogP contribution in [0.5, 0.6) is 0 Å². The number of rotatable bonds is 4. The van der Waals surface area contributed by atoms with Gasteiger partial charge in [-0.1, -0.05) is 31.5 Å². The lowest BCUT2D eigenvalue weighted by Gasteiger charge is -2.26. The van der Waals surface area contributed by atoms with Gasteiger partial charge in [-0.3, -0.25) is 0 Å². The summed E-state index contributed by atoms with van der Waals surface area (Å²) in [4.78, 5) is 1.55. The van der Waals surface area contributed by atoms with Gasteiger partial charge in [0.05, 0.1) is 9.83 Å². The minimum atomic E-state index is 0.472. The minimum absolute atomic E-state index is 0.472. The van der Waals surface area contributed by atoms with Crippen LogP contribution in [-0.2, 0) is 12.8 Å². The van der Waals surface area contributed by atoms with Gasteiger partial charge in [-0.25, -0.2) is 0 Å². The summed E-state index contributed by atoms with van der Waals surface area (Å²) in [5, 5.41) is 3.79. The highest BCUT2D eigenvalue weighted by atomic mass is 79.9. The maximum absolute atomic E-state index is 3.79. The van der Waals surface area contributed by atoms with Crippen LogP contribution < -0.4 is 5.32 Å². The topological polar surface area (TPSA) is 12.0 Å². The molecule has 2 aromatic rings. The highest BCUT2D eigenvalue weighted by Crippen LogP contribution is 2.39. The molecule has 1 aromatic heterocycles. The number of benzene rings is 1. The molecule has 0 saturated carbocycles. The Morgan fingerprint density at radius 2 is 2.20 bits per heavy atom. The van der Waals surface area contributed by atoms with E-state index in [0.29, 0.717) is 6.04 Å². The molecule has 1 unspecified atom stereocenters. The van der Waals surface area contributed by atoms with Crippen molar-refractivity contribution < 1.29 is 0 Å². The highest BCUT2D eigenvalue weighted by Gasteiger charge is 2.22. The fourth-order valence-electron chi connectivity index (χ4n) is 3.01. The van der Waals surface area contributed by atoms with Crippen LogP contribution >= 0.6 is 27.3 Å². The molecule has 3 heteroatoms. The average Bonchev–Trinajstić information content (AvgIpc) is 2.83. The van der Waals surface area contributed by atoms with E-state index in [9.17, 15) is 0 Å². The molecule has 1 atom stereocenters. The van der Waals surface area contributed by atoms with Crippen LogP contribution in [-0.4, -0.2) is 0 Å². The second-order valence-electron chi connectivity index (χ2n) is 5.43. The normalized spacial score (nSPS) is 17.8. The van der Waals surface area contributed by atoms with Crippen molar-refractivity contribution in [3.63, 3.8) is 0 Å². The third-order valence-electron chi connectivity index (χ3n) is 3.95. The van der Waals surface area contributed by atoms with Gasteiger partial charge in [0.25, 0.3) is 0 Å².